The molecular formula is C21H34N6O6. The van der Waals surface area contributed by atoms with Crippen molar-refractivity contribution >= 4 is 11.8 Å². The van der Waals surface area contributed by atoms with E-state index in [0.29, 0.717) is 6.42 Å². The van der Waals surface area contributed by atoms with Crippen molar-refractivity contribution in [2.24, 2.45) is 5.11 Å². The van der Waals surface area contributed by atoms with Crippen molar-refractivity contribution in [3.63, 3.8) is 0 Å². The van der Waals surface area contributed by atoms with Gasteiger partial charge in [-0.25, -0.2) is 4.79 Å². The predicted molar refractivity (Wildman–Crippen MR) is 120 cm³/mol. The van der Waals surface area contributed by atoms with Gasteiger partial charge in [-0.1, -0.05) is 63.4 Å². The van der Waals surface area contributed by atoms with Crippen LogP contribution in [0.2, 0.25) is 0 Å². The number of hydrogen-bond acceptors (Lipinski definition) is 9. The van der Waals surface area contributed by atoms with E-state index in [2.05, 4.69) is 21.9 Å². The van der Waals surface area contributed by atoms with Gasteiger partial charge in [0.25, 0.3) is 0 Å². The predicted octanol–water partition coefficient (Wildman–Crippen LogP) is 2.55. The van der Waals surface area contributed by atoms with Crippen molar-refractivity contribution < 1.29 is 24.5 Å². The average molecular weight is 467 g/mol. The minimum absolute atomic E-state index is 0.0315. The van der Waals surface area contributed by atoms with E-state index in [4.69, 9.17) is 20.7 Å². The molecule has 0 saturated carbocycles. The number of aliphatic hydroxyl groups is 2. The Morgan fingerprint density at radius 3 is 2.52 bits per heavy atom. The summed E-state index contributed by atoms with van der Waals surface area (Å²) in [7, 11) is 0. The van der Waals surface area contributed by atoms with Crippen molar-refractivity contribution in [3.8, 4) is 0 Å². The second-order valence-electron chi connectivity index (χ2n) is 8.26. The van der Waals surface area contributed by atoms with Gasteiger partial charge in [-0.05, 0) is 18.0 Å². The first-order valence-corrected chi connectivity index (χ1v) is 11.4. The Labute approximate surface area is 192 Å². The van der Waals surface area contributed by atoms with Gasteiger partial charge in [0.15, 0.2) is 6.23 Å². The van der Waals surface area contributed by atoms with E-state index < -0.39 is 42.4 Å². The zero-order chi connectivity index (χ0) is 24.3. The molecule has 0 spiro atoms. The summed E-state index contributed by atoms with van der Waals surface area (Å²) >= 11 is 0. The molecule has 0 unspecified atom stereocenters. The summed E-state index contributed by atoms with van der Waals surface area (Å²) in [5.41, 5.74) is 11.5. The van der Waals surface area contributed by atoms with Gasteiger partial charge in [0.05, 0.1) is 0 Å². The van der Waals surface area contributed by atoms with E-state index in [9.17, 15) is 19.8 Å². The first kappa shape index (κ1) is 26.6. The Morgan fingerprint density at radius 2 is 1.91 bits per heavy atom. The van der Waals surface area contributed by atoms with Crippen molar-refractivity contribution in [1.29, 1.82) is 0 Å². The van der Waals surface area contributed by atoms with Gasteiger partial charge in [0, 0.05) is 17.5 Å². The van der Waals surface area contributed by atoms with Crippen LogP contribution in [0.5, 0.6) is 0 Å². The van der Waals surface area contributed by atoms with Crippen molar-refractivity contribution in [1.82, 2.24) is 9.55 Å². The third-order valence-corrected chi connectivity index (χ3v) is 5.67. The highest BCUT2D eigenvalue weighted by molar-refractivity contribution is 5.69. The van der Waals surface area contributed by atoms with Gasteiger partial charge in [-0.2, -0.15) is 4.98 Å². The molecule has 2 heterocycles. The molecule has 12 heteroatoms. The SMILES string of the molecule is CCCCCCCCCCCC(=O)OC[C@@]1(N=[N+]=[N-])O[C@@H](n2ccc(N)nc2=O)[C@@H](O)[C@@H]1O. The van der Waals surface area contributed by atoms with E-state index in [0.717, 1.165) is 23.8 Å². The molecule has 1 fully saturated rings. The van der Waals surface area contributed by atoms with Gasteiger partial charge in [-0.3, -0.25) is 9.36 Å². The molecule has 1 saturated heterocycles. The smallest absolute Gasteiger partial charge is 0.351 e. The number of carbonyl (C=O) groups is 1. The molecule has 1 aliphatic heterocycles. The lowest BCUT2D eigenvalue weighted by Gasteiger charge is -2.26. The van der Waals surface area contributed by atoms with Crippen LogP contribution >= 0.6 is 0 Å². The Bertz CT molecular complexity index is 873. The summed E-state index contributed by atoms with van der Waals surface area (Å²) in [4.78, 5) is 30.4. The third-order valence-electron chi connectivity index (χ3n) is 5.67. The summed E-state index contributed by atoms with van der Waals surface area (Å²) in [6.45, 7) is 1.57. The van der Waals surface area contributed by atoms with Crippen LogP contribution in [0.4, 0.5) is 5.82 Å². The van der Waals surface area contributed by atoms with Gasteiger partial charge >= 0.3 is 11.7 Å². The molecule has 0 bridgehead atoms. The number of aromatic nitrogens is 2. The first-order chi connectivity index (χ1) is 15.8. The molecule has 0 radical (unpaired) electrons. The number of anilines is 1. The van der Waals surface area contributed by atoms with Crippen LogP contribution in [-0.4, -0.2) is 50.3 Å². The minimum atomic E-state index is -2.09. The number of nitrogens with two attached hydrogens (primary N) is 1. The zero-order valence-corrected chi connectivity index (χ0v) is 19.0. The Hall–Kier alpha value is -2.66. The second-order valence-corrected chi connectivity index (χ2v) is 8.26. The average Bonchev–Trinajstić information content (AvgIpc) is 3.02. The molecule has 12 nitrogen and oxygen atoms in total. The number of ether oxygens (including phenoxy) is 2. The zero-order valence-electron chi connectivity index (χ0n) is 19.0. The summed E-state index contributed by atoms with van der Waals surface area (Å²) in [5, 5.41) is 24.3. The van der Waals surface area contributed by atoms with Gasteiger partial charge in [-0.15, -0.1) is 0 Å². The van der Waals surface area contributed by atoms with Crippen LogP contribution in [0.25, 0.3) is 10.4 Å². The lowest BCUT2D eigenvalue weighted by Crippen LogP contribution is -2.45. The number of nitrogen functional groups attached to an aromatic ring is 1. The number of aliphatic hydroxyl groups excluding tert-OH is 2. The van der Waals surface area contributed by atoms with Crippen LogP contribution in [-0.2, 0) is 14.3 Å². The number of hydrogen-bond donors (Lipinski definition) is 3. The lowest BCUT2D eigenvalue weighted by molar-refractivity contribution is -0.165. The Balaban J connectivity index is 1.86. The number of esters is 1. The van der Waals surface area contributed by atoms with Gasteiger partial charge in [0.1, 0.15) is 24.6 Å². The highest BCUT2D eigenvalue weighted by Crippen LogP contribution is 2.38. The van der Waals surface area contributed by atoms with Crippen LogP contribution < -0.4 is 11.4 Å². The first-order valence-electron chi connectivity index (χ1n) is 11.4. The van der Waals surface area contributed by atoms with Gasteiger partial charge in [0.2, 0.25) is 5.72 Å². The van der Waals surface area contributed by atoms with Crippen molar-refractivity contribution in [2.75, 3.05) is 12.3 Å². The largest absolute Gasteiger partial charge is 0.462 e. The summed E-state index contributed by atoms with van der Waals surface area (Å²) in [6, 6.07) is 1.31. The van der Waals surface area contributed by atoms with Gasteiger partial charge < -0.3 is 25.4 Å². The quantitative estimate of drug-likeness (QED) is 0.123. The normalized spacial score (nSPS) is 24.4. The Kier molecular flexibility index (Phi) is 10.6. The second kappa shape index (κ2) is 13.1. The molecule has 33 heavy (non-hydrogen) atoms. The lowest BCUT2D eigenvalue weighted by atomic mass is 10.1. The molecule has 1 aromatic rings. The summed E-state index contributed by atoms with van der Waals surface area (Å²) in [5.74, 6) is -0.568. The maximum Gasteiger partial charge on any atom is 0.351 e. The molecule has 2 rings (SSSR count). The third kappa shape index (κ3) is 7.43. The summed E-state index contributed by atoms with van der Waals surface area (Å²) in [6.07, 6.45) is 6.53. The van der Waals surface area contributed by atoms with Crippen LogP contribution in [0.15, 0.2) is 22.2 Å². The van der Waals surface area contributed by atoms with E-state index in [-0.39, 0.29) is 12.2 Å². The maximum absolute atomic E-state index is 12.1. The number of carbonyl (C=O) groups excluding carboxylic acids is 1. The van der Waals surface area contributed by atoms with Crippen molar-refractivity contribution in [3.05, 3.63) is 33.2 Å². The topological polar surface area (TPSA) is 186 Å². The molecule has 0 aromatic carbocycles. The molecule has 1 aromatic heterocycles. The molecule has 0 aliphatic carbocycles. The standard InChI is InChI=1S/C21H34N6O6/c1-2-3-4-5-6-7-8-9-10-11-16(28)32-14-21(25-26-23)18(30)17(29)19(33-21)27-13-12-15(22)24-20(27)31/h12-13,17-19,29-30H,2-11,14H2,1H3,(H2,22,24,31)/t17-,18-,19+,21+/m0/s1. The molecule has 0 amide bonds. The number of nitrogens with zero attached hydrogens (tertiary/aromatic N) is 5. The van der Waals surface area contributed by atoms with Crippen LogP contribution in [0.3, 0.4) is 0 Å². The molecule has 184 valence electrons. The van der Waals surface area contributed by atoms with E-state index >= 15 is 0 Å². The van der Waals surface area contributed by atoms with E-state index in [1.54, 1.807) is 0 Å². The van der Waals surface area contributed by atoms with Crippen LogP contribution in [0, 0.1) is 0 Å². The molecule has 4 atom stereocenters. The maximum atomic E-state index is 12.1. The fourth-order valence-electron chi connectivity index (χ4n) is 3.75. The fourth-order valence-corrected chi connectivity index (χ4v) is 3.75. The van der Waals surface area contributed by atoms with Crippen LogP contribution in [0.1, 0.15) is 77.4 Å². The number of rotatable bonds is 14. The van der Waals surface area contributed by atoms with E-state index in [1.165, 1.54) is 44.4 Å². The molecule has 4 N–H and O–H groups in total. The molecular weight excluding hydrogens is 432 g/mol. The Morgan fingerprint density at radius 1 is 1.27 bits per heavy atom. The highest BCUT2D eigenvalue weighted by atomic mass is 16.6. The number of azide groups is 1. The number of unbranched alkanes of at least 4 members (excludes halogenated alkanes) is 8. The highest BCUT2D eigenvalue weighted by Gasteiger charge is 2.56. The fraction of sp³-hybridized carbons (Fsp3) is 0.762. The monoisotopic (exact) mass is 466 g/mol. The minimum Gasteiger partial charge on any atom is -0.462 e. The molecule has 1 aliphatic rings. The van der Waals surface area contributed by atoms with Crippen molar-refractivity contribution in [2.45, 2.75) is 95.3 Å². The van der Waals surface area contributed by atoms with E-state index in [1.807, 2.05) is 0 Å². The summed E-state index contributed by atoms with van der Waals surface area (Å²) < 4.78 is 11.6.